The number of amides is 3. The van der Waals surface area contributed by atoms with Gasteiger partial charge in [-0.15, -0.1) is 0 Å². The maximum Gasteiger partial charge on any atom is 0.255 e. The first kappa shape index (κ1) is 17.4. The van der Waals surface area contributed by atoms with Crippen LogP contribution in [0.15, 0.2) is 18.2 Å². The average Bonchev–Trinajstić information content (AvgIpc) is 3.15. The number of hydrogen-bond donors (Lipinski definition) is 3. The van der Waals surface area contributed by atoms with Gasteiger partial charge in [-0.2, -0.15) is 0 Å². The predicted molar refractivity (Wildman–Crippen MR) is 90.6 cm³/mol. The molecule has 3 amide bonds. The Balaban J connectivity index is 0.000000258. The second-order valence-corrected chi connectivity index (χ2v) is 6.79. The quantitative estimate of drug-likeness (QED) is 0.658. The number of aromatic hydroxyl groups is 1. The van der Waals surface area contributed by atoms with E-state index in [1.165, 1.54) is 42.7 Å². The van der Waals surface area contributed by atoms with E-state index in [2.05, 4.69) is 5.32 Å². The van der Waals surface area contributed by atoms with E-state index in [4.69, 9.17) is 5.73 Å². The first-order valence-corrected chi connectivity index (χ1v) is 8.68. The Morgan fingerprint density at radius 3 is 2.44 bits per heavy atom. The van der Waals surface area contributed by atoms with E-state index in [-0.39, 0.29) is 30.5 Å². The monoisotopic (exact) mass is 345 g/mol. The zero-order valence-electron chi connectivity index (χ0n) is 14.0. The van der Waals surface area contributed by atoms with Gasteiger partial charge in [0.2, 0.25) is 11.8 Å². The largest absolute Gasteiger partial charge is 0.508 e. The highest BCUT2D eigenvalue weighted by Gasteiger charge is 2.38. The summed E-state index contributed by atoms with van der Waals surface area (Å²) < 4.78 is 0. The summed E-state index contributed by atoms with van der Waals surface area (Å²) in [7, 11) is 0. The number of fused-ring (bicyclic) bond motifs is 1. The first-order chi connectivity index (χ1) is 12.0. The summed E-state index contributed by atoms with van der Waals surface area (Å²) in [5, 5.41) is 11.7. The molecule has 2 aliphatic heterocycles. The maximum absolute atomic E-state index is 12.2. The molecular weight excluding hydrogens is 322 g/mol. The number of nitrogens with one attached hydrogen (secondary N) is 1. The van der Waals surface area contributed by atoms with E-state index in [0.717, 1.165) is 0 Å². The minimum atomic E-state index is -0.611. The molecule has 1 aromatic carbocycles. The van der Waals surface area contributed by atoms with Crippen LogP contribution in [0.3, 0.4) is 0 Å². The van der Waals surface area contributed by atoms with Gasteiger partial charge in [-0.25, -0.2) is 0 Å². The fourth-order valence-corrected chi connectivity index (χ4v) is 3.52. The number of carbonyl (C=O) groups excluding carboxylic acids is 3. The van der Waals surface area contributed by atoms with Gasteiger partial charge >= 0.3 is 0 Å². The van der Waals surface area contributed by atoms with E-state index in [0.29, 0.717) is 23.6 Å². The third kappa shape index (κ3) is 3.82. The molecule has 1 aliphatic carbocycles. The van der Waals surface area contributed by atoms with Gasteiger partial charge in [0.1, 0.15) is 11.8 Å². The van der Waals surface area contributed by atoms with Crippen molar-refractivity contribution in [3.63, 3.8) is 0 Å². The van der Waals surface area contributed by atoms with E-state index in [9.17, 15) is 19.5 Å². The first-order valence-electron chi connectivity index (χ1n) is 8.68. The van der Waals surface area contributed by atoms with Crippen molar-refractivity contribution in [1.82, 2.24) is 10.2 Å². The smallest absolute Gasteiger partial charge is 0.255 e. The van der Waals surface area contributed by atoms with Crippen molar-refractivity contribution >= 4 is 17.7 Å². The molecule has 4 rings (SSSR count). The van der Waals surface area contributed by atoms with Gasteiger partial charge in [-0.05, 0) is 43.0 Å². The minimum absolute atomic E-state index is 0.0941. The van der Waals surface area contributed by atoms with E-state index >= 15 is 0 Å². The molecule has 25 heavy (non-hydrogen) atoms. The summed E-state index contributed by atoms with van der Waals surface area (Å²) in [6, 6.07) is 4.47. The Labute approximate surface area is 146 Å². The highest BCUT2D eigenvalue weighted by Crippen LogP contribution is 2.29. The molecule has 134 valence electrons. The van der Waals surface area contributed by atoms with Crippen molar-refractivity contribution in [1.29, 1.82) is 0 Å². The van der Waals surface area contributed by atoms with Crippen LogP contribution in [-0.2, 0) is 16.1 Å². The van der Waals surface area contributed by atoms with Crippen molar-refractivity contribution in [3.05, 3.63) is 29.3 Å². The zero-order valence-corrected chi connectivity index (χ0v) is 14.0. The SMILES string of the molecule is NC1CCCC1.O=C1CCC(N2Cc3cc(O)ccc3C2=O)C(=O)N1. The molecule has 0 aromatic heterocycles. The second-order valence-electron chi connectivity index (χ2n) is 6.79. The van der Waals surface area contributed by atoms with Crippen LogP contribution >= 0.6 is 0 Å². The van der Waals surface area contributed by atoms with Gasteiger partial charge in [0.05, 0.1) is 0 Å². The van der Waals surface area contributed by atoms with Crippen LogP contribution in [0, 0.1) is 0 Å². The lowest BCUT2D eigenvalue weighted by Crippen LogP contribution is -2.52. The van der Waals surface area contributed by atoms with Crippen molar-refractivity contribution in [2.45, 2.75) is 57.2 Å². The van der Waals surface area contributed by atoms with Crippen LogP contribution in [0.1, 0.15) is 54.4 Å². The second kappa shape index (κ2) is 7.23. The normalized spacial score (nSPS) is 23.2. The van der Waals surface area contributed by atoms with Gasteiger partial charge < -0.3 is 15.7 Å². The Morgan fingerprint density at radius 2 is 1.84 bits per heavy atom. The molecule has 1 saturated heterocycles. The summed E-state index contributed by atoms with van der Waals surface area (Å²) in [5.74, 6) is -0.870. The molecule has 7 heteroatoms. The zero-order chi connectivity index (χ0) is 18.0. The number of rotatable bonds is 1. The molecule has 1 atom stereocenters. The van der Waals surface area contributed by atoms with Crippen LogP contribution in [0.2, 0.25) is 0 Å². The Hall–Kier alpha value is -2.41. The number of nitrogens with zero attached hydrogens (tertiary/aromatic N) is 1. The third-order valence-electron chi connectivity index (χ3n) is 4.91. The van der Waals surface area contributed by atoms with E-state index in [1.54, 1.807) is 6.07 Å². The van der Waals surface area contributed by atoms with Crippen LogP contribution in [-0.4, -0.2) is 39.8 Å². The molecule has 1 saturated carbocycles. The van der Waals surface area contributed by atoms with Gasteiger partial charge in [-0.3, -0.25) is 19.7 Å². The number of phenols is 1. The standard InChI is InChI=1S/C13H12N2O4.C5H11N/c16-8-1-2-9-7(5-8)6-15(13(9)19)10-3-4-11(17)14-12(10)18;6-5-3-1-2-4-5/h1-2,5,10,16H,3-4,6H2,(H,14,17,18);5H,1-4,6H2. The van der Waals surface area contributed by atoms with Crippen molar-refractivity contribution in [3.8, 4) is 5.75 Å². The van der Waals surface area contributed by atoms with Crippen LogP contribution in [0.4, 0.5) is 0 Å². The molecule has 4 N–H and O–H groups in total. The lowest BCUT2D eigenvalue weighted by Gasteiger charge is -2.29. The fourth-order valence-electron chi connectivity index (χ4n) is 3.52. The molecule has 7 nitrogen and oxygen atoms in total. The number of phenolic OH excluding ortho intramolecular Hbond substituents is 1. The summed E-state index contributed by atoms with van der Waals surface area (Å²) >= 11 is 0. The topological polar surface area (TPSA) is 113 Å². The van der Waals surface area contributed by atoms with Gasteiger partial charge in [0, 0.05) is 24.6 Å². The molecule has 1 unspecified atom stereocenters. The number of imide groups is 1. The summed E-state index contributed by atoms with van der Waals surface area (Å²) in [6.07, 6.45) is 5.83. The molecule has 0 spiro atoms. The van der Waals surface area contributed by atoms with Crippen molar-refractivity contribution < 1.29 is 19.5 Å². The lowest BCUT2D eigenvalue weighted by atomic mass is 10.0. The molecule has 3 aliphatic rings. The summed E-state index contributed by atoms with van der Waals surface area (Å²) in [5.41, 5.74) is 6.74. The van der Waals surface area contributed by atoms with Crippen molar-refractivity contribution in [2.75, 3.05) is 0 Å². The molecule has 2 fully saturated rings. The van der Waals surface area contributed by atoms with Crippen LogP contribution in [0.25, 0.3) is 0 Å². The molecule has 0 bridgehead atoms. The molecule has 1 aromatic rings. The highest BCUT2D eigenvalue weighted by molar-refractivity contribution is 6.05. The van der Waals surface area contributed by atoms with Crippen LogP contribution in [0.5, 0.6) is 5.75 Å². The van der Waals surface area contributed by atoms with Crippen LogP contribution < -0.4 is 11.1 Å². The molecule has 2 heterocycles. The average molecular weight is 345 g/mol. The number of piperidine rings is 1. The Morgan fingerprint density at radius 1 is 1.12 bits per heavy atom. The van der Waals surface area contributed by atoms with Crippen molar-refractivity contribution in [2.24, 2.45) is 5.73 Å². The minimum Gasteiger partial charge on any atom is -0.508 e. The third-order valence-corrected chi connectivity index (χ3v) is 4.91. The van der Waals surface area contributed by atoms with E-state index < -0.39 is 11.9 Å². The maximum atomic E-state index is 12.2. The van der Waals surface area contributed by atoms with E-state index in [1.807, 2.05) is 0 Å². The number of nitrogens with two attached hydrogens (primary N) is 1. The summed E-state index contributed by atoms with van der Waals surface area (Å²) in [6.45, 7) is 0.287. The number of carbonyl (C=O) groups is 3. The summed E-state index contributed by atoms with van der Waals surface area (Å²) in [4.78, 5) is 36.6. The Kier molecular flexibility index (Phi) is 5.03. The predicted octanol–water partition coefficient (Wildman–Crippen LogP) is 1.04. The number of hydrogen-bond acceptors (Lipinski definition) is 5. The Bertz CT molecular complexity index is 698. The molecular formula is C18H23N3O4. The fraction of sp³-hybridized carbons (Fsp3) is 0.500. The van der Waals surface area contributed by atoms with Gasteiger partial charge in [0.15, 0.2) is 0 Å². The highest BCUT2D eigenvalue weighted by atomic mass is 16.3. The van der Waals surface area contributed by atoms with Gasteiger partial charge in [-0.1, -0.05) is 12.8 Å². The lowest BCUT2D eigenvalue weighted by molar-refractivity contribution is -0.136. The number of benzene rings is 1. The van der Waals surface area contributed by atoms with Gasteiger partial charge in [0.25, 0.3) is 5.91 Å². The molecule has 0 radical (unpaired) electrons.